The first-order valence-corrected chi connectivity index (χ1v) is 3.57. The zero-order valence-corrected chi connectivity index (χ0v) is 6.63. The first kappa shape index (κ1) is 9.40. The minimum absolute atomic E-state index is 0.0448. The Hall–Kier alpha value is -1.69. The number of hydrogen-bond acceptors (Lipinski definition) is 1. The van der Waals surface area contributed by atoms with Crippen molar-refractivity contribution in [3.63, 3.8) is 0 Å². The van der Waals surface area contributed by atoms with Gasteiger partial charge in [0.15, 0.2) is 6.29 Å². The molecule has 0 atom stereocenters. The molecule has 0 amide bonds. The minimum Gasteiger partial charge on any atom is -0.289 e. The Labute approximate surface area is 74.4 Å². The van der Waals surface area contributed by atoms with E-state index in [2.05, 4.69) is 11.8 Å². The standard InChI is InChI=1S/C10H6F2O/c11-10(12)9-5-3-8(4-6-9)2-1-7-13/h3-7,10H. The lowest BCUT2D eigenvalue weighted by molar-refractivity contribution is -0.103. The van der Waals surface area contributed by atoms with Crippen LogP contribution in [0.5, 0.6) is 0 Å². The first-order chi connectivity index (χ1) is 6.24. The van der Waals surface area contributed by atoms with E-state index in [9.17, 15) is 13.6 Å². The molecule has 1 nitrogen and oxygen atoms in total. The van der Waals surface area contributed by atoms with Gasteiger partial charge < -0.3 is 0 Å². The highest BCUT2D eigenvalue weighted by Crippen LogP contribution is 2.18. The van der Waals surface area contributed by atoms with Crippen molar-refractivity contribution in [1.82, 2.24) is 0 Å². The molecule has 0 fully saturated rings. The average Bonchev–Trinajstić information content (AvgIpc) is 2.15. The summed E-state index contributed by atoms with van der Waals surface area (Å²) in [6.45, 7) is 0. The number of aldehydes is 1. The highest BCUT2D eigenvalue weighted by Gasteiger charge is 2.04. The predicted molar refractivity (Wildman–Crippen MR) is 44.3 cm³/mol. The fraction of sp³-hybridized carbons (Fsp3) is 0.100. The molecular formula is C10H6F2O. The zero-order valence-electron chi connectivity index (χ0n) is 6.63. The van der Waals surface area contributed by atoms with Crippen molar-refractivity contribution in [2.75, 3.05) is 0 Å². The summed E-state index contributed by atoms with van der Waals surface area (Å²) < 4.78 is 24.1. The molecule has 0 aliphatic heterocycles. The number of carbonyl (C=O) groups is 1. The van der Waals surface area contributed by atoms with Gasteiger partial charge in [0.05, 0.1) is 0 Å². The summed E-state index contributed by atoms with van der Waals surface area (Å²) in [4.78, 5) is 9.86. The SMILES string of the molecule is O=CC#Cc1ccc(C(F)F)cc1. The van der Waals surface area contributed by atoms with Crippen molar-refractivity contribution in [1.29, 1.82) is 0 Å². The van der Waals surface area contributed by atoms with Gasteiger partial charge in [-0.15, -0.1) is 0 Å². The lowest BCUT2D eigenvalue weighted by Crippen LogP contribution is -1.83. The lowest BCUT2D eigenvalue weighted by atomic mass is 10.1. The average molecular weight is 180 g/mol. The predicted octanol–water partition coefficient (Wildman–Crippen LogP) is 2.17. The van der Waals surface area contributed by atoms with Crippen LogP contribution in [0.2, 0.25) is 0 Å². The molecule has 0 aromatic heterocycles. The Balaban J connectivity index is 2.87. The lowest BCUT2D eigenvalue weighted by Gasteiger charge is -1.97. The van der Waals surface area contributed by atoms with Gasteiger partial charge in [-0.3, -0.25) is 4.79 Å². The molecule has 66 valence electrons. The highest BCUT2D eigenvalue weighted by atomic mass is 19.3. The summed E-state index contributed by atoms with van der Waals surface area (Å²) in [5.74, 6) is 4.69. The number of rotatable bonds is 1. The molecule has 0 aliphatic carbocycles. The molecule has 0 saturated heterocycles. The summed E-state index contributed by atoms with van der Waals surface area (Å²) in [7, 11) is 0. The Morgan fingerprint density at radius 1 is 1.23 bits per heavy atom. The van der Waals surface area contributed by atoms with E-state index in [4.69, 9.17) is 0 Å². The van der Waals surface area contributed by atoms with Gasteiger partial charge in [-0.25, -0.2) is 8.78 Å². The second-order valence-corrected chi connectivity index (χ2v) is 2.31. The van der Waals surface area contributed by atoms with Gasteiger partial charge >= 0.3 is 0 Å². The van der Waals surface area contributed by atoms with Crippen LogP contribution in [0.15, 0.2) is 24.3 Å². The van der Waals surface area contributed by atoms with Crippen LogP contribution in [0.4, 0.5) is 8.78 Å². The number of benzene rings is 1. The van der Waals surface area contributed by atoms with E-state index in [0.29, 0.717) is 11.8 Å². The number of halogens is 2. The van der Waals surface area contributed by atoms with Gasteiger partial charge in [0.25, 0.3) is 6.43 Å². The normalized spacial score (nSPS) is 9.15. The number of hydrogen-bond donors (Lipinski definition) is 0. The van der Waals surface area contributed by atoms with Crippen molar-refractivity contribution in [3.8, 4) is 11.8 Å². The third kappa shape index (κ3) is 2.68. The quantitative estimate of drug-likeness (QED) is 0.478. The summed E-state index contributed by atoms with van der Waals surface area (Å²) in [5.41, 5.74) is 0.508. The van der Waals surface area contributed by atoms with Crippen LogP contribution in [-0.2, 0) is 4.79 Å². The van der Waals surface area contributed by atoms with Crippen LogP contribution in [-0.4, -0.2) is 6.29 Å². The van der Waals surface area contributed by atoms with Crippen LogP contribution in [0.25, 0.3) is 0 Å². The van der Waals surface area contributed by atoms with Crippen molar-refractivity contribution in [3.05, 3.63) is 35.4 Å². The van der Waals surface area contributed by atoms with E-state index in [1.807, 2.05) is 0 Å². The van der Waals surface area contributed by atoms with Crippen molar-refractivity contribution in [2.45, 2.75) is 6.43 Å². The largest absolute Gasteiger partial charge is 0.289 e. The molecule has 0 unspecified atom stereocenters. The smallest absolute Gasteiger partial charge is 0.263 e. The Bertz CT molecular complexity index is 343. The number of alkyl halides is 2. The van der Waals surface area contributed by atoms with Crippen LogP contribution in [0.3, 0.4) is 0 Å². The van der Waals surface area contributed by atoms with Crippen LogP contribution < -0.4 is 0 Å². The van der Waals surface area contributed by atoms with E-state index in [1.165, 1.54) is 24.3 Å². The van der Waals surface area contributed by atoms with E-state index < -0.39 is 6.43 Å². The summed E-state index contributed by atoms with van der Waals surface area (Å²) in [6, 6.07) is 5.49. The Morgan fingerprint density at radius 3 is 2.31 bits per heavy atom. The molecule has 1 aromatic carbocycles. The van der Waals surface area contributed by atoms with Gasteiger partial charge in [0.1, 0.15) is 0 Å². The van der Waals surface area contributed by atoms with Gasteiger partial charge in [-0.1, -0.05) is 18.1 Å². The monoisotopic (exact) mass is 180 g/mol. The van der Waals surface area contributed by atoms with E-state index in [0.717, 1.165) is 0 Å². The fourth-order valence-corrected chi connectivity index (χ4v) is 0.825. The van der Waals surface area contributed by atoms with E-state index in [-0.39, 0.29) is 5.56 Å². The van der Waals surface area contributed by atoms with Gasteiger partial charge in [0.2, 0.25) is 0 Å². The molecule has 0 heterocycles. The van der Waals surface area contributed by atoms with Crippen LogP contribution in [0, 0.1) is 11.8 Å². The maximum absolute atomic E-state index is 12.1. The molecule has 3 heteroatoms. The molecule has 0 saturated carbocycles. The number of carbonyl (C=O) groups excluding carboxylic acids is 1. The second kappa shape index (κ2) is 4.36. The molecule has 0 bridgehead atoms. The molecule has 0 aliphatic rings. The maximum Gasteiger partial charge on any atom is 0.263 e. The van der Waals surface area contributed by atoms with Crippen molar-refractivity contribution in [2.24, 2.45) is 0 Å². The minimum atomic E-state index is -2.46. The second-order valence-electron chi connectivity index (χ2n) is 2.31. The summed E-state index contributed by atoms with van der Waals surface area (Å²) >= 11 is 0. The van der Waals surface area contributed by atoms with E-state index >= 15 is 0 Å². The topological polar surface area (TPSA) is 17.1 Å². The molecule has 0 N–H and O–H groups in total. The highest BCUT2D eigenvalue weighted by molar-refractivity contribution is 5.73. The van der Waals surface area contributed by atoms with E-state index in [1.54, 1.807) is 0 Å². The van der Waals surface area contributed by atoms with Crippen molar-refractivity contribution >= 4 is 6.29 Å². The van der Waals surface area contributed by atoms with Gasteiger partial charge in [0, 0.05) is 11.1 Å². The molecule has 0 spiro atoms. The van der Waals surface area contributed by atoms with Crippen LogP contribution in [0.1, 0.15) is 17.6 Å². The molecule has 1 aromatic rings. The molecule has 0 radical (unpaired) electrons. The van der Waals surface area contributed by atoms with Crippen LogP contribution >= 0.6 is 0 Å². The van der Waals surface area contributed by atoms with Gasteiger partial charge in [-0.05, 0) is 18.1 Å². The van der Waals surface area contributed by atoms with Crippen molar-refractivity contribution < 1.29 is 13.6 Å². The molecule has 13 heavy (non-hydrogen) atoms. The summed E-state index contributed by atoms with van der Waals surface area (Å²) in [6.07, 6.45) is -2.01. The Kier molecular flexibility index (Phi) is 3.15. The summed E-state index contributed by atoms with van der Waals surface area (Å²) in [5, 5.41) is 0. The fourth-order valence-electron chi connectivity index (χ4n) is 0.825. The van der Waals surface area contributed by atoms with Gasteiger partial charge in [-0.2, -0.15) is 0 Å². The molecule has 1 rings (SSSR count). The molecular weight excluding hydrogens is 174 g/mol. The third-order valence-electron chi connectivity index (χ3n) is 1.44. The zero-order chi connectivity index (χ0) is 9.68. The third-order valence-corrected chi connectivity index (χ3v) is 1.44. The Morgan fingerprint density at radius 2 is 1.85 bits per heavy atom. The first-order valence-electron chi connectivity index (χ1n) is 3.57. The maximum atomic E-state index is 12.1.